The molecule has 4 nitrogen and oxygen atoms in total. The van der Waals surface area contributed by atoms with Gasteiger partial charge < -0.3 is 4.53 Å². The highest BCUT2D eigenvalue weighted by Crippen LogP contribution is 2.10. The van der Waals surface area contributed by atoms with Crippen molar-refractivity contribution in [3.8, 4) is 0 Å². The first-order chi connectivity index (χ1) is 13.9. The van der Waals surface area contributed by atoms with E-state index < -0.39 is 8.32 Å². The minimum absolute atomic E-state index is 0.652. The summed E-state index contributed by atoms with van der Waals surface area (Å²) in [5, 5.41) is 7.76. The highest BCUT2D eigenvalue weighted by molar-refractivity contribution is 7.07. The molecule has 0 fully saturated rings. The molecule has 0 atom stereocenters. The van der Waals surface area contributed by atoms with Gasteiger partial charge in [0.15, 0.2) is 0 Å². The van der Waals surface area contributed by atoms with E-state index in [0.717, 1.165) is 15.6 Å². The number of hydrogen-bond acceptors (Lipinski definition) is 4. The summed E-state index contributed by atoms with van der Waals surface area (Å²) in [5.74, 6) is 0. The van der Waals surface area contributed by atoms with E-state index in [2.05, 4.69) is 51.5 Å². The lowest BCUT2D eigenvalue weighted by atomic mass is 10.3. The minimum atomic E-state index is -2.82. The van der Waals surface area contributed by atoms with E-state index in [9.17, 15) is 0 Å². The van der Waals surface area contributed by atoms with Crippen LogP contribution in [0.2, 0.25) is 0 Å². The molecule has 28 heavy (non-hydrogen) atoms. The normalized spacial score (nSPS) is 11.4. The molecule has 4 aromatic rings. The van der Waals surface area contributed by atoms with Gasteiger partial charge >= 0.3 is 8.32 Å². The second kappa shape index (κ2) is 8.41. The molecule has 0 amide bonds. The van der Waals surface area contributed by atoms with Gasteiger partial charge in [0.05, 0.1) is 12.4 Å². The lowest BCUT2D eigenvalue weighted by Crippen LogP contribution is -2.68. The zero-order valence-electron chi connectivity index (χ0n) is 15.2. The summed E-state index contributed by atoms with van der Waals surface area (Å²) in [4.78, 5) is 8.32. The van der Waals surface area contributed by atoms with Crippen LogP contribution in [0.5, 0.6) is 0 Å². The quantitative estimate of drug-likeness (QED) is 0.223. The maximum Gasteiger partial charge on any atom is 0.380 e. The fourth-order valence-corrected chi connectivity index (χ4v) is 6.73. The van der Waals surface area contributed by atoms with Gasteiger partial charge in [-0.25, -0.2) is 0 Å². The first-order valence-corrected chi connectivity index (χ1v) is 10.9. The number of nitrogens with zero attached hydrogens (tertiary/aromatic N) is 3. The number of rotatable bonds is 6. The molecule has 0 aliphatic carbocycles. The van der Waals surface area contributed by atoms with Crippen molar-refractivity contribution in [2.24, 2.45) is 5.16 Å². The molecular formula is C23H19N3OSi. The average Bonchev–Trinajstić information content (AvgIpc) is 2.79. The molecule has 0 radical (unpaired) electrons. The number of hydrogen-bond donors (Lipinski definition) is 0. The fraction of sp³-hybridized carbons (Fsp3) is 0. The largest absolute Gasteiger partial charge is 0.438 e. The molecule has 0 aliphatic rings. The van der Waals surface area contributed by atoms with Gasteiger partial charge in [-0.05, 0) is 15.6 Å². The molecule has 4 rings (SSSR count). The van der Waals surface area contributed by atoms with E-state index in [1.54, 1.807) is 24.8 Å². The fourth-order valence-electron chi connectivity index (χ4n) is 3.21. The lowest BCUT2D eigenvalue weighted by molar-refractivity contribution is 0.351. The van der Waals surface area contributed by atoms with Crippen molar-refractivity contribution in [2.45, 2.75) is 0 Å². The third-order valence-corrected chi connectivity index (χ3v) is 8.32. The van der Waals surface area contributed by atoms with Crippen molar-refractivity contribution in [3.05, 3.63) is 115 Å². The Morgan fingerprint density at radius 2 is 1.18 bits per heavy atom. The van der Waals surface area contributed by atoms with Crippen LogP contribution in [-0.2, 0) is 4.53 Å². The van der Waals surface area contributed by atoms with Gasteiger partial charge in [0, 0.05) is 12.4 Å². The van der Waals surface area contributed by atoms with Crippen LogP contribution in [0.15, 0.2) is 115 Å². The highest BCUT2D eigenvalue weighted by Gasteiger charge is 2.44. The Hall–Kier alpha value is -3.57. The van der Waals surface area contributed by atoms with E-state index in [1.165, 1.54) is 0 Å². The standard InChI is InChI=1S/C23H19N3OSi/c1-4-10-21(11-5-1)28(22-12-6-2-7-13-22,23-14-8-3-9-15-23)27-26-19-20-18-24-16-17-25-20/h1-19H. The summed E-state index contributed by atoms with van der Waals surface area (Å²) >= 11 is 0. The zero-order chi connectivity index (χ0) is 19.1. The van der Waals surface area contributed by atoms with Gasteiger partial charge in [-0.2, -0.15) is 0 Å². The van der Waals surface area contributed by atoms with Gasteiger partial charge in [0.2, 0.25) is 0 Å². The summed E-state index contributed by atoms with van der Waals surface area (Å²) in [6.45, 7) is 0. The minimum Gasteiger partial charge on any atom is -0.438 e. The molecule has 0 saturated heterocycles. The highest BCUT2D eigenvalue weighted by atomic mass is 28.4. The molecule has 1 aromatic heterocycles. The smallest absolute Gasteiger partial charge is 0.380 e. The van der Waals surface area contributed by atoms with Crippen molar-refractivity contribution < 1.29 is 4.53 Å². The maximum atomic E-state index is 6.43. The topological polar surface area (TPSA) is 47.4 Å². The van der Waals surface area contributed by atoms with E-state index >= 15 is 0 Å². The first-order valence-electron chi connectivity index (χ1n) is 9.04. The lowest BCUT2D eigenvalue weighted by Gasteiger charge is -2.29. The Morgan fingerprint density at radius 1 is 0.679 bits per heavy atom. The Morgan fingerprint density at radius 3 is 1.61 bits per heavy atom. The molecule has 136 valence electrons. The summed E-state index contributed by atoms with van der Waals surface area (Å²) in [6, 6.07) is 31.0. The van der Waals surface area contributed by atoms with Crippen molar-refractivity contribution in [3.63, 3.8) is 0 Å². The van der Waals surface area contributed by atoms with Crippen LogP contribution in [0.25, 0.3) is 0 Å². The van der Waals surface area contributed by atoms with E-state index in [4.69, 9.17) is 4.53 Å². The van der Waals surface area contributed by atoms with Crippen LogP contribution in [0, 0.1) is 0 Å². The third kappa shape index (κ3) is 3.61. The molecule has 0 saturated carbocycles. The van der Waals surface area contributed by atoms with Gasteiger partial charge in [0.1, 0.15) is 5.69 Å². The molecular weight excluding hydrogens is 362 g/mol. The van der Waals surface area contributed by atoms with E-state index in [0.29, 0.717) is 5.69 Å². The summed E-state index contributed by atoms with van der Waals surface area (Å²) in [5.41, 5.74) is 0.652. The van der Waals surface area contributed by atoms with Gasteiger partial charge in [-0.3, -0.25) is 9.97 Å². The van der Waals surface area contributed by atoms with E-state index in [1.807, 2.05) is 54.6 Å². The van der Waals surface area contributed by atoms with Crippen LogP contribution >= 0.6 is 0 Å². The molecule has 1 heterocycles. The van der Waals surface area contributed by atoms with Crippen molar-refractivity contribution >= 4 is 30.1 Å². The van der Waals surface area contributed by atoms with Crippen molar-refractivity contribution in [1.82, 2.24) is 9.97 Å². The maximum absolute atomic E-state index is 6.43. The van der Waals surface area contributed by atoms with Crippen LogP contribution in [0.1, 0.15) is 5.69 Å². The summed E-state index contributed by atoms with van der Waals surface area (Å²) < 4.78 is 6.43. The Kier molecular flexibility index (Phi) is 5.35. The Bertz CT molecular complexity index is 930. The second-order valence-electron chi connectivity index (χ2n) is 6.24. The van der Waals surface area contributed by atoms with Crippen LogP contribution < -0.4 is 15.6 Å². The van der Waals surface area contributed by atoms with Crippen LogP contribution in [-0.4, -0.2) is 24.5 Å². The van der Waals surface area contributed by atoms with Gasteiger partial charge in [0.25, 0.3) is 0 Å². The SMILES string of the molecule is C(=NO[Si](c1ccccc1)(c1ccccc1)c1ccccc1)c1cnccn1. The zero-order valence-corrected chi connectivity index (χ0v) is 16.2. The molecule has 0 spiro atoms. The summed E-state index contributed by atoms with van der Waals surface area (Å²) in [7, 11) is -2.82. The molecule has 0 N–H and O–H groups in total. The summed E-state index contributed by atoms with van der Waals surface area (Å²) in [6.07, 6.45) is 6.54. The number of benzene rings is 3. The average molecular weight is 382 g/mol. The predicted molar refractivity (Wildman–Crippen MR) is 115 cm³/mol. The third-order valence-electron chi connectivity index (χ3n) is 4.50. The Labute approximate surface area is 165 Å². The van der Waals surface area contributed by atoms with E-state index in [-0.39, 0.29) is 0 Å². The molecule has 3 aromatic carbocycles. The predicted octanol–water partition coefficient (Wildman–Crippen LogP) is 2.49. The molecule has 0 aliphatic heterocycles. The Balaban J connectivity index is 1.87. The number of aromatic nitrogens is 2. The van der Waals surface area contributed by atoms with Gasteiger partial charge in [-0.1, -0.05) is 91.0 Å². The van der Waals surface area contributed by atoms with Crippen molar-refractivity contribution in [1.29, 1.82) is 0 Å². The van der Waals surface area contributed by atoms with Crippen molar-refractivity contribution in [2.75, 3.05) is 0 Å². The molecule has 5 heteroatoms. The van der Waals surface area contributed by atoms with Crippen LogP contribution in [0.3, 0.4) is 0 Å². The first kappa shape index (κ1) is 17.8. The van der Waals surface area contributed by atoms with Gasteiger partial charge in [-0.15, -0.1) is 5.16 Å². The molecule has 0 unspecified atom stereocenters. The number of oxime groups is 1. The second-order valence-corrected chi connectivity index (χ2v) is 9.51. The molecule has 0 bridgehead atoms. The monoisotopic (exact) mass is 381 g/mol. The van der Waals surface area contributed by atoms with Crippen LogP contribution in [0.4, 0.5) is 0 Å².